The minimum atomic E-state index is -0.100. The molecule has 3 heteroatoms. The highest BCUT2D eigenvalue weighted by Crippen LogP contribution is 2.15. The predicted octanol–water partition coefficient (Wildman–Crippen LogP) is 10.2. The van der Waals surface area contributed by atoms with Crippen LogP contribution in [0.4, 0.5) is 0 Å². The lowest BCUT2D eigenvalue weighted by Gasteiger charge is -2.06. The largest absolute Gasteiger partial charge is 0.461 e. The molecule has 0 saturated heterocycles. The van der Waals surface area contributed by atoms with Crippen LogP contribution in [0.1, 0.15) is 141 Å². The molecule has 184 valence electrons. The van der Waals surface area contributed by atoms with Gasteiger partial charge in [-0.3, -0.25) is 4.79 Å². The highest BCUT2D eigenvalue weighted by Gasteiger charge is 2.04. The van der Waals surface area contributed by atoms with Crippen molar-refractivity contribution in [3.63, 3.8) is 0 Å². The first-order valence-corrected chi connectivity index (χ1v) is 14.0. The van der Waals surface area contributed by atoms with Gasteiger partial charge in [0, 0.05) is 11.4 Å². The Morgan fingerprint density at radius 2 is 1.12 bits per heavy atom. The maximum absolute atomic E-state index is 11.8. The summed E-state index contributed by atoms with van der Waals surface area (Å²) >= 11 is 5.94. The lowest BCUT2D eigenvalue weighted by molar-refractivity contribution is -0.145. The molecule has 0 spiro atoms. The van der Waals surface area contributed by atoms with Crippen LogP contribution in [0.2, 0.25) is 5.02 Å². The van der Waals surface area contributed by atoms with Gasteiger partial charge in [-0.1, -0.05) is 146 Å². The van der Waals surface area contributed by atoms with Crippen molar-refractivity contribution in [2.75, 3.05) is 0 Å². The molecule has 0 aromatic heterocycles. The van der Waals surface area contributed by atoms with Crippen molar-refractivity contribution in [2.24, 2.45) is 0 Å². The van der Waals surface area contributed by atoms with Gasteiger partial charge in [0.15, 0.2) is 0 Å². The third-order valence-corrected chi connectivity index (χ3v) is 6.51. The van der Waals surface area contributed by atoms with Crippen molar-refractivity contribution in [3.8, 4) is 0 Å². The molecular formula is C29H49ClO2. The molecule has 0 atom stereocenters. The molecule has 32 heavy (non-hydrogen) atoms. The quantitative estimate of drug-likeness (QED) is 0.126. The molecule has 2 nitrogen and oxygen atoms in total. The van der Waals surface area contributed by atoms with Crippen molar-refractivity contribution in [1.82, 2.24) is 0 Å². The van der Waals surface area contributed by atoms with Crippen molar-refractivity contribution in [3.05, 3.63) is 34.9 Å². The molecular weight excluding hydrogens is 416 g/mol. The summed E-state index contributed by atoms with van der Waals surface area (Å²) in [7, 11) is 0. The van der Waals surface area contributed by atoms with E-state index in [1.807, 2.05) is 24.3 Å². The Hall–Kier alpha value is -1.02. The maximum atomic E-state index is 11.8. The Kier molecular flexibility index (Phi) is 19.8. The number of benzene rings is 1. The number of unbranched alkanes of at least 4 members (excludes halogenated alkanes) is 18. The van der Waals surface area contributed by atoms with E-state index >= 15 is 0 Å². The summed E-state index contributed by atoms with van der Waals surface area (Å²) in [5.74, 6) is -0.100. The zero-order valence-corrected chi connectivity index (χ0v) is 21.6. The summed E-state index contributed by atoms with van der Waals surface area (Å²) in [5.41, 5.74) is 0.944. The molecule has 0 aliphatic rings. The summed E-state index contributed by atoms with van der Waals surface area (Å²) in [6, 6.07) is 7.47. The molecule has 0 heterocycles. The average molecular weight is 465 g/mol. The molecule has 0 aliphatic carbocycles. The molecule has 1 rings (SSSR count). The molecule has 1 aromatic rings. The minimum absolute atomic E-state index is 0.100. The molecule has 1 aromatic carbocycles. The Bertz CT molecular complexity index is 558. The van der Waals surface area contributed by atoms with Gasteiger partial charge in [0.1, 0.15) is 6.61 Å². The van der Waals surface area contributed by atoms with Gasteiger partial charge in [-0.25, -0.2) is 0 Å². The number of carbonyl (C=O) groups is 1. The van der Waals surface area contributed by atoms with E-state index < -0.39 is 0 Å². The molecule has 0 amide bonds. The Balaban J connectivity index is 1.75. The Morgan fingerprint density at radius 1 is 0.688 bits per heavy atom. The number of esters is 1. The topological polar surface area (TPSA) is 26.3 Å². The van der Waals surface area contributed by atoms with E-state index in [9.17, 15) is 4.79 Å². The first-order chi connectivity index (χ1) is 15.7. The van der Waals surface area contributed by atoms with E-state index in [1.54, 1.807) is 0 Å². The Labute approximate surface area is 203 Å². The fraction of sp³-hybridized carbons (Fsp3) is 0.759. The molecule has 0 radical (unpaired) electrons. The summed E-state index contributed by atoms with van der Waals surface area (Å²) in [6.45, 7) is 2.60. The van der Waals surface area contributed by atoms with Crippen LogP contribution in [0.15, 0.2) is 24.3 Å². The van der Waals surface area contributed by atoms with Crippen molar-refractivity contribution < 1.29 is 9.53 Å². The van der Waals surface area contributed by atoms with Crippen molar-refractivity contribution >= 4 is 17.6 Å². The third kappa shape index (κ3) is 18.5. The summed E-state index contributed by atoms with van der Waals surface area (Å²) in [4.78, 5) is 11.8. The van der Waals surface area contributed by atoms with Gasteiger partial charge in [-0.05, 0) is 24.1 Å². The number of halogens is 1. The van der Waals surface area contributed by atoms with Crippen LogP contribution in [0.3, 0.4) is 0 Å². The monoisotopic (exact) mass is 464 g/mol. The second-order valence-electron chi connectivity index (χ2n) is 9.40. The van der Waals surface area contributed by atoms with Crippen LogP contribution in [0.5, 0.6) is 0 Å². The van der Waals surface area contributed by atoms with Crippen LogP contribution < -0.4 is 0 Å². The fourth-order valence-electron chi connectivity index (χ4n) is 4.21. The zero-order valence-electron chi connectivity index (χ0n) is 20.9. The van der Waals surface area contributed by atoms with Gasteiger partial charge in [0.05, 0.1) is 0 Å². The van der Waals surface area contributed by atoms with Crippen LogP contribution in [0, 0.1) is 0 Å². The van der Waals surface area contributed by atoms with Gasteiger partial charge < -0.3 is 4.74 Å². The maximum Gasteiger partial charge on any atom is 0.306 e. The van der Waals surface area contributed by atoms with Crippen LogP contribution in [0.25, 0.3) is 0 Å². The van der Waals surface area contributed by atoms with Gasteiger partial charge in [-0.2, -0.15) is 0 Å². The van der Waals surface area contributed by atoms with Crippen LogP contribution in [-0.4, -0.2) is 5.97 Å². The second kappa shape index (κ2) is 21.8. The van der Waals surface area contributed by atoms with E-state index in [4.69, 9.17) is 16.3 Å². The first kappa shape index (κ1) is 29.0. The first-order valence-electron chi connectivity index (χ1n) is 13.6. The third-order valence-electron chi connectivity index (χ3n) is 6.27. The van der Waals surface area contributed by atoms with Gasteiger partial charge in [-0.15, -0.1) is 0 Å². The van der Waals surface area contributed by atoms with E-state index in [1.165, 1.54) is 109 Å². The number of hydrogen-bond acceptors (Lipinski definition) is 2. The summed E-state index contributed by atoms with van der Waals surface area (Å²) in [6.07, 6.45) is 26.4. The smallest absolute Gasteiger partial charge is 0.306 e. The van der Waals surface area contributed by atoms with E-state index in [0.717, 1.165) is 18.4 Å². The summed E-state index contributed by atoms with van der Waals surface area (Å²) < 4.78 is 5.32. The normalized spacial score (nSPS) is 11.1. The standard InChI is InChI=1S/C29H49ClO2/c1-2-3-4-5-6-7-8-9-10-11-12-13-14-15-16-17-18-19-20-24-29(31)32-26-27-22-21-23-28(30)25-27/h21-23,25H,2-20,24,26H2,1H3. The van der Waals surface area contributed by atoms with Crippen LogP contribution in [-0.2, 0) is 16.1 Å². The second-order valence-corrected chi connectivity index (χ2v) is 9.84. The fourth-order valence-corrected chi connectivity index (χ4v) is 4.42. The van der Waals surface area contributed by atoms with E-state index in [-0.39, 0.29) is 5.97 Å². The average Bonchev–Trinajstić information content (AvgIpc) is 2.79. The SMILES string of the molecule is CCCCCCCCCCCCCCCCCCCCCC(=O)OCc1cccc(Cl)c1. The minimum Gasteiger partial charge on any atom is -0.461 e. The Morgan fingerprint density at radius 3 is 1.56 bits per heavy atom. The molecule has 0 aliphatic heterocycles. The van der Waals surface area contributed by atoms with Gasteiger partial charge in [0.25, 0.3) is 0 Å². The lowest BCUT2D eigenvalue weighted by Crippen LogP contribution is -2.04. The molecule has 0 fully saturated rings. The van der Waals surface area contributed by atoms with Crippen LogP contribution >= 0.6 is 11.6 Å². The molecule has 0 N–H and O–H groups in total. The van der Waals surface area contributed by atoms with E-state index in [0.29, 0.717) is 18.1 Å². The molecule has 0 bridgehead atoms. The van der Waals surface area contributed by atoms with Crippen molar-refractivity contribution in [2.45, 2.75) is 142 Å². The number of hydrogen-bond donors (Lipinski definition) is 0. The lowest BCUT2D eigenvalue weighted by atomic mass is 10.0. The number of ether oxygens (including phenoxy) is 1. The van der Waals surface area contributed by atoms with Gasteiger partial charge in [0.2, 0.25) is 0 Å². The highest BCUT2D eigenvalue weighted by atomic mass is 35.5. The van der Waals surface area contributed by atoms with Crippen molar-refractivity contribution in [1.29, 1.82) is 0 Å². The number of carbonyl (C=O) groups excluding carboxylic acids is 1. The molecule has 0 unspecified atom stereocenters. The summed E-state index contributed by atoms with van der Waals surface area (Å²) in [5, 5.41) is 0.678. The molecule has 0 saturated carbocycles. The van der Waals surface area contributed by atoms with E-state index in [2.05, 4.69) is 6.92 Å². The number of rotatable bonds is 22. The zero-order chi connectivity index (χ0) is 23.1. The van der Waals surface area contributed by atoms with Gasteiger partial charge >= 0.3 is 5.97 Å². The predicted molar refractivity (Wildman–Crippen MR) is 139 cm³/mol. The highest BCUT2D eigenvalue weighted by molar-refractivity contribution is 6.30.